The van der Waals surface area contributed by atoms with E-state index in [0.717, 1.165) is 42.5 Å². The average Bonchev–Trinajstić information content (AvgIpc) is 2.57. The molecule has 3 heteroatoms. The van der Waals surface area contributed by atoms with Gasteiger partial charge in [-0.3, -0.25) is 4.79 Å². The molecule has 22 heavy (non-hydrogen) atoms. The van der Waals surface area contributed by atoms with E-state index >= 15 is 0 Å². The average molecular weight is 295 g/mol. The number of hydrogen-bond acceptors (Lipinski definition) is 1. The quantitative estimate of drug-likeness (QED) is 0.897. The van der Waals surface area contributed by atoms with Gasteiger partial charge in [0.2, 0.25) is 0 Å². The van der Waals surface area contributed by atoms with E-state index in [1.807, 2.05) is 42.5 Å². The Hall–Kier alpha value is -2.13. The summed E-state index contributed by atoms with van der Waals surface area (Å²) in [6.07, 6.45) is 5.17. The van der Waals surface area contributed by atoms with Crippen molar-refractivity contribution >= 4 is 11.6 Å². The first-order chi connectivity index (χ1) is 10.7. The van der Waals surface area contributed by atoms with Gasteiger partial charge in [-0.2, -0.15) is 0 Å². The van der Waals surface area contributed by atoms with E-state index in [2.05, 4.69) is 23.2 Å². The first kappa shape index (κ1) is 14.8. The van der Waals surface area contributed by atoms with Crippen LogP contribution in [0.15, 0.2) is 54.6 Å². The van der Waals surface area contributed by atoms with E-state index in [-0.39, 0.29) is 5.91 Å². The van der Waals surface area contributed by atoms with Crippen LogP contribution in [0.3, 0.4) is 0 Å². The van der Waals surface area contributed by atoms with Crippen LogP contribution < -0.4 is 11.1 Å². The Balaban J connectivity index is 1.85. The maximum absolute atomic E-state index is 12.7. The Labute approximate surface area is 131 Å². The summed E-state index contributed by atoms with van der Waals surface area (Å²) in [5, 5.41) is 3.12. The monoisotopic (exact) mass is 295 g/mol. The largest absolute Gasteiger partial charge is 0.345 e. The van der Waals surface area contributed by atoms with E-state index in [1.54, 1.807) is 0 Å². The fraction of sp³-hybridized carbons (Fsp3) is 0.316. The number of benzene rings is 2. The Morgan fingerprint density at radius 2 is 1.55 bits per heavy atom. The van der Waals surface area contributed by atoms with E-state index in [9.17, 15) is 4.79 Å². The number of nitrogens with one attached hydrogen (secondary N) is 1. The second-order valence-corrected chi connectivity index (χ2v) is 6.21. The van der Waals surface area contributed by atoms with Crippen molar-refractivity contribution in [3.05, 3.63) is 54.6 Å². The van der Waals surface area contributed by atoms with Crippen molar-refractivity contribution in [1.82, 2.24) is 0 Å². The minimum Gasteiger partial charge on any atom is -0.345 e. The standard InChI is InChI=1S/C19H22N2O/c20-19(13-7-2-8-14-19)18(22)21-17-12-6-5-11-16(17)15-9-3-1-4-10-15/h1,3-6,9-12H,2,7-8,13-14,20H2,(H,21,22)/p+1. The number of anilines is 1. The second kappa shape index (κ2) is 6.32. The molecule has 1 fully saturated rings. The van der Waals surface area contributed by atoms with Crippen LogP contribution in [0.5, 0.6) is 0 Å². The van der Waals surface area contributed by atoms with Crippen LogP contribution in [0.4, 0.5) is 5.69 Å². The van der Waals surface area contributed by atoms with Gasteiger partial charge in [0.05, 0.1) is 0 Å². The lowest BCUT2D eigenvalue weighted by atomic mass is 9.82. The maximum Gasteiger partial charge on any atom is 0.285 e. The lowest BCUT2D eigenvalue weighted by Gasteiger charge is -2.28. The lowest BCUT2D eigenvalue weighted by Crippen LogP contribution is -2.78. The third-order valence-electron chi connectivity index (χ3n) is 4.55. The molecule has 0 atom stereocenters. The molecule has 1 aliphatic carbocycles. The summed E-state index contributed by atoms with van der Waals surface area (Å²) in [5.41, 5.74) is 6.78. The van der Waals surface area contributed by atoms with Gasteiger partial charge in [0.15, 0.2) is 5.54 Å². The van der Waals surface area contributed by atoms with E-state index < -0.39 is 5.54 Å². The van der Waals surface area contributed by atoms with Gasteiger partial charge in [-0.05, 0) is 24.5 Å². The van der Waals surface area contributed by atoms with Gasteiger partial charge in [-0.15, -0.1) is 0 Å². The fourth-order valence-corrected chi connectivity index (χ4v) is 3.17. The van der Waals surface area contributed by atoms with Gasteiger partial charge in [-0.25, -0.2) is 0 Å². The highest BCUT2D eigenvalue weighted by Gasteiger charge is 2.39. The third kappa shape index (κ3) is 3.04. The smallest absolute Gasteiger partial charge is 0.285 e. The zero-order chi connectivity index (χ0) is 15.4. The Kier molecular flexibility index (Phi) is 4.25. The van der Waals surface area contributed by atoms with Gasteiger partial charge in [0.1, 0.15) is 0 Å². The molecule has 1 saturated carbocycles. The highest BCUT2D eigenvalue weighted by molar-refractivity contribution is 6.00. The van der Waals surface area contributed by atoms with Crippen molar-refractivity contribution in [2.75, 3.05) is 5.32 Å². The molecule has 3 rings (SSSR count). The fourth-order valence-electron chi connectivity index (χ4n) is 3.17. The Bertz CT molecular complexity index is 645. The minimum absolute atomic E-state index is 0.0515. The predicted molar refractivity (Wildman–Crippen MR) is 89.2 cm³/mol. The zero-order valence-electron chi connectivity index (χ0n) is 12.8. The maximum atomic E-state index is 12.7. The molecule has 0 radical (unpaired) electrons. The molecule has 2 aromatic carbocycles. The number of quaternary nitrogens is 1. The van der Waals surface area contributed by atoms with E-state index in [0.29, 0.717) is 0 Å². The Morgan fingerprint density at radius 3 is 2.27 bits per heavy atom. The van der Waals surface area contributed by atoms with Crippen LogP contribution in [0.25, 0.3) is 11.1 Å². The van der Waals surface area contributed by atoms with Crippen LogP contribution in [0.2, 0.25) is 0 Å². The molecule has 3 nitrogen and oxygen atoms in total. The summed E-state index contributed by atoms with van der Waals surface area (Å²) in [6.45, 7) is 0. The topological polar surface area (TPSA) is 56.7 Å². The summed E-state index contributed by atoms with van der Waals surface area (Å²) in [4.78, 5) is 12.7. The number of para-hydroxylation sites is 1. The zero-order valence-corrected chi connectivity index (χ0v) is 12.8. The first-order valence-electron chi connectivity index (χ1n) is 8.00. The van der Waals surface area contributed by atoms with Crippen molar-refractivity contribution in [2.24, 2.45) is 0 Å². The van der Waals surface area contributed by atoms with Crippen molar-refractivity contribution in [3.8, 4) is 11.1 Å². The molecule has 114 valence electrons. The van der Waals surface area contributed by atoms with Gasteiger partial charge in [-0.1, -0.05) is 55.0 Å². The molecule has 0 aromatic heterocycles. The number of rotatable bonds is 3. The molecular weight excluding hydrogens is 272 g/mol. The number of amides is 1. The summed E-state index contributed by atoms with van der Waals surface area (Å²) >= 11 is 0. The molecule has 2 aromatic rings. The van der Waals surface area contributed by atoms with Crippen molar-refractivity contribution in [3.63, 3.8) is 0 Å². The van der Waals surface area contributed by atoms with Crippen LogP contribution in [-0.4, -0.2) is 11.4 Å². The molecule has 0 heterocycles. The molecule has 0 bridgehead atoms. The number of hydrogen-bond donors (Lipinski definition) is 2. The SMILES string of the molecule is [NH3+]C1(C(=O)Nc2ccccc2-c2ccccc2)CCCCC1. The van der Waals surface area contributed by atoms with Crippen molar-refractivity contribution in [2.45, 2.75) is 37.6 Å². The van der Waals surface area contributed by atoms with Gasteiger partial charge >= 0.3 is 0 Å². The highest BCUT2D eigenvalue weighted by Crippen LogP contribution is 2.30. The molecule has 0 spiro atoms. The predicted octanol–water partition coefficient (Wildman–Crippen LogP) is 3.24. The molecule has 0 saturated heterocycles. The van der Waals surface area contributed by atoms with Crippen LogP contribution in [-0.2, 0) is 4.79 Å². The van der Waals surface area contributed by atoms with Crippen LogP contribution in [0, 0.1) is 0 Å². The normalized spacial score (nSPS) is 17.0. The number of carbonyl (C=O) groups excluding carboxylic acids is 1. The molecule has 0 unspecified atom stereocenters. The summed E-state index contributed by atoms with van der Waals surface area (Å²) in [5.74, 6) is 0.0515. The third-order valence-corrected chi connectivity index (χ3v) is 4.55. The van der Waals surface area contributed by atoms with Crippen molar-refractivity contribution < 1.29 is 10.5 Å². The Morgan fingerprint density at radius 1 is 0.909 bits per heavy atom. The number of carbonyl (C=O) groups is 1. The highest BCUT2D eigenvalue weighted by atomic mass is 16.2. The first-order valence-corrected chi connectivity index (χ1v) is 8.00. The summed E-state index contributed by atoms with van der Waals surface area (Å²) in [6, 6.07) is 18.1. The lowest BCUT2D eigenvalue weighted by molar-refractivity contribution is -0.463. The molecule has 1 amide bonds. The minimum atomic E-state index is -0.470. The summed E-state index contributed by atoms with van der Waals surface area (Å²) < 4.78 is 0. The second-order valence-electron chi connectivity index (χ2n) is 6.21. The van der Waals surface area contributed by atoms with Crippen molar-refractivity contribution in [1.29, 1.82) is 0 Å². The van der Waals surface area contributed by atoms with E-state index in [1.165, 1.54) is 6.42 Å². The van der Waals surface area contributed by atoms with Gasteiger partial charge < -0.3 is 11.1 Å². The molecule has 4 N–H and O–H groups in total. The van der Waals surface area contributed by atoms with Crippen LogP contribution in [0.1, 0.15) is 32.1 Å². The molecule has 1 aliphatic rings. The van der Waals surface area contributed by atoms with E-state index in [4.69, 9.17) is 0 Å². The molecule has 0 aliphatic heterocycles. The van der Waals surface area contributed by atoms with Gasteiger partial charge in [0.25, 0.3) is 5.91 Å². The molecular formula is C19H23N2O+. The summed E-state index contributed by atoms with van der Waals surface area (Å²) in [7, 11) is 0. The van der Waals surface area contributed by atoms with Crippen LogP contribution >= 0.6 is 0 Å². The van der Waals surface area contributed by atoms with Gasteiger partial charge in [0, 0.05) is 24.1 Å².